The van der Waals surface area contributed by atoms with Gasteiger partial charge in [0.2, 0.25) is 0 Å². The molecule has 10 heteroatoms. The van der Waals surface area contributed by atoms with Crippen LogP contribution in [0.25, 0.3) is 11.0 Å². The zero-order valence-corrected chi connectivity index (χ0v) is 14.4. The minimum atomic E-state index is -4.77. The number of alkyl halides is 3. The largest absolute Gasteiger partial charge is 0.497 e. The maximum atomic E-state index is 13.0. The third-order valence-corrected chi connectivity index (χ3v) is 4.84. The molecular formula is C17H11F3O6S. The van der Waals surface area contributed by atoms with Crippen LogP contribution in [0.4, 0.5) is 13.2 Å². The lowest BCUT2D eigenvalue weighted by molar-refractivity contribution is -0.136. The van der Waals surface area contributed by atoms with E-state index >= 15 is 0 Å². The molecular weight excluding hydrogens is 389 g/mol. The van der Waals surface area contributed by atoms with Gasteiger partial charge in [0.05, 0.1) is 12.7 Å². The van der Waals surface area contributed by atoms with Crippen molar-refractivity contribution < 1.29 is 34.9 Å². The van der Waals surface area contributed by atoms with Crippen LogP contribution in [-0.4, -0.2) is 15.5 Å². The molecule has 3 rings (SSSR count). The molecule has 3 aromatic rings. The molecule has 2 aromatic carbocycles. The van der Waals surface area contributed by atoms with Crippen LogP contribution in [0, 0.1) is 0 Å². The van der Waals surface area contributed by atoms with Crippen LogP contribution in [0.3, 0.4) is 0 Å². The van der Waals surface area contributed by atoms with Crippen molar-refractivity contribution >= 4 is 21.1 Å². The molecule has 0 aliphatic carbocycles. The average Bonchev–Trinajstić information content (AvgIpc) is 2.59. The lowest BCUT2D eigenvalue weighted by Crippen LogP contribution is -2.12. The van der Waals surface area contributed by atoms with Crippen molar-refractivity contribution in [3.05, 3.63) is 64.5 Å². The molecule has 0 unspecified atom stereocenters. The van der Waals surface area contributed by atoms with Crippen LogP contribution in [0.5, 0.6) is 11.5 Å². The molecule has 0 aliphatic rings. The molecule has 1 heterocycles. The predicted octanol–water partition coefficient (Wildman–Crippen LogP) is 3.59. The van der Waals surface area contributed by atoms with Crippen LogP contribution in [-0.2, 0) is 16.3 Å². The van der Waals surface area contributed by atoms with E-state index in [9.17, 15) is 26.4 Å². The maximum absolute atomic E-state index is 13.0. The molecule has 0 atom stereocenters. The van der Waals surface area contributed by atoms with Gasteiger partial charge in [0.25, 0.3) is 0 Å². The highest BCUT2D eigenvalue weighted by Gasteiger charge is 2.34. The van der Waals surface area contributed by atoms with Crippen molar-refractivity contribution in [1.82, 2.24) is 0 Å². The number of methoxy groups -OCH3 is 1. The number of rotatable bonds is 4. The quantitative estimate of drug-likeness (QED) is 0.492. The molecule has 0 amide bonds. The first-order chi connectivity index (χ1) is 12.6. The SMILES string of the molecule is COc1ccc(S(=O)(=O)Oc2ccc3c(C(F)(F)F)cc(=O)oc3c2)cc1. The van der Waals surface area contributed by atoms with Gasteiger partial charge in [-0.15, -0.1) is 0 Å². The zero-order chi connectivity index (χ0) is 19.8. The Labute approximate surface area is 150 Å². The van der Waals surface area contributed by atoms with Crippen LogP contribution in [0.15, 0.2) is 62.6 Å². The minimum Gasteiger partial charge on any atom is -0.497 e. The minimum absolute atomic E-state index is 0.186. The first kappa shape index (κ1) is 18.8. The van der Waals surface area contributed by atoms with Crippen molar-refractivity contribution in [2.45, 2.75) is 11.1 Å². The monoisotopic (exact) mass is 400 g/mol. The molecule has 27 heavy (non-hydrogen) atoms. The summed E-state index contributed by atoms with van der Waals surface area (Å²) in [6.07, 6.45) is -4.77. The molecule has 0 spiro atoms. The number of hydrogen-bond acceptors (Lipinski definition) is 6. The summed E-state index contributed by atoms with van der Waals surface area (Å²) < 4.78 is 78.3. The molecule has 6 nitrogen and oxygen atoms in total. The van der Waals surface area contributed by atoms with Crippen LogP contribution >= 0.6 is 0 Å². The summed E-state index contributed by atoms with van der Waals surface area (Å²) in [4.78, 5) is 11.2. The van der Waals surface area contributed by atoms with Gasteiger partial charge in [0, 0.05) is 17.5 Å². The lowest BCUT2D eigenvalue weighted by Gasteiger charge is -2.11. The smallest absolute Gasteiger partial charge is 0.417 e. The van der Waals surface area contributed by atoms with E-state index in [0.29, 0.717) is 11.8 Å². The molecule has 0 N–H and O–H groups in total. The molecule has 0 aliphatic heterocycles. The number of halogens is 3. The van der Waals surface area contributed by atoms with E-state index < -0.39 is 38.5 Å². The van der Waals surface area contributed by atoms with Crippen molar-refractivity contribution in [3.8, 4) is 11.5 Å². The fourth-order valence-electron chi connectivity index (χ4n) is 2.35. The highest BCUT2D eigenvalue weighted by molar-refractivity contribution is 7.87. The van der Waals surface area contributed by atoms with E-state index in [1.54, 1.807) is 0 Å². The van der Waals surface area contributed by atoms with E-state index in [1.165, 1.54) is 31.4 Å². The normalized spacial score (nSPS) is 12.1. The summed E-state index contributed by atoms with van der Waals surface area (Å²) in [6.45, 7) is 0. The Kier molecular flexibility index (Phi) is 4.60. The molecule has 0 saturated heterocycles. The second kappa shape index (κ2) is 6.62. The fraction of sp³-hybridized carbons (Fsp3) is 0.118. The van der Waals surface area contributed by atoms with Gasteiger partial charge in [-0.1, -0.05) is 0 Å². The van der Waals surface area contributed by atoms with Crippen molar-refractivity contribution in [2.24, 2.45) is 0 Å². The lowest BCUT2D eigenvalue weighted by atomic mass is 10.1. The summed E-state index contributed by atoms with van der Waals surface area (Å²) in [5, 5.41) is -0.392. The Morgan fingerprint density at radius 1 is 0.963 bits per heavy atom. The molecule has 1 aromatic heterocycles. The third kappa shape index (κ3) is 3.90. The second-order valence-electron chi connectivity index (χ2n) is 5.35. The Morgan fingerprint density at radius 2 is 1.59 bits per heavy atom. The summed E-state index contributed by atoms with van der Waals surface area (Å²) in [6, 6.07) is 8.56. The third-order valence-electron chi connectivity index (χ3n) is 3.58. The topological polar surface area (TPSA) is 82.8 Å². The Balaban J connectivity index is 2.01. The second-order valence-corrected chi connectivity index (χ2v) is 6.89. The van der Waals surface area contributed by atoms with Gasteiger partial charge in [-0.3, -0.25) is 0 Å². The van der Waals surface area contributed by atoms with Crippen LogP contribution in [0.2, 0.25) is 0 Å². The highest BCUT2D eigenvalue weighted by Crippen LogP contribution is 2.35. The van der Waals surface area contributed by atoms with Gasteiger partial charge in [0.1, 0.15) is 22.0 Å². The zero-order valence-electron chi connectivity index (χ0n) is 13.6. The average molecular weight is 400 g/mol. The van der Waals surface area contributed by atoms with Gasteiger partial charge in [-0.05, 0) is 36.4 Å². The van der Waals surface area contributed by atoms with Crippen LogP contribution in [0.1, 0.15) is 5.56 Å². The summed E-state index contributed by atoms with van der Waals surface area (Å²) >= 11 is 0. The standard InChI is InChI=1S/C17H11F3O6S/c1-24-10-2-5-12(6-3-10)27(22,23)26-11-4-7-13-14(17(18,19)20)9-16(21)25-15(13)8-11/h2-9H,1H3. The van der Waals surface area contributed by atoms with Gasteiger partial charge >= 0.3 is 21.9 Å². The van der Waals surface area contributed by atoms with Gasteiger partial charge in [0.15, 0.2) is 0 Å². The number of fused-ring (bicyclic) bond motifs is 1. The van der Waals surface area contributed by atoms with Crippen molar-refractivity contribution in [3.63, 3.8) is 0 Å². The van der Waals surface area contributed by atoms with E-state index in [-0.39, 0.29) is 10.6 Å². The molecule has 0 saturated carbocycles. The van der Waals surface area contributed by atoms with Crippen molar-refractivity contribution in [2.75, 3.05) is 7.11 Å². The first-order valence-corrected chi connectivity index (χ1v) is 8.74. The van der Waals surface area contributed by atoms with E-state index in [2.05, 4.69) is 0 Å². The summed E-state index contributed by atoms with van der Waals surface area (Å²) in [7, 11) is -2.84. The predicted molar refractivity (Wildman–Crippen MR) is 88.3 cm³/mol. The van der Waals surface area contributed by atoms with E-state index in [4.69, 9.17) is 13.3 Å². The van der Waals surface area contributed by atoms with E-state index in [0.717, 1.165) is 18.2 Å². The fourth-order valence-corrected chi connectivity index (χ4v) is 3.27. The van der Waals surface area contributed by atoms with Gasteiger partial charge < -0.3 is 13.3 Å². The number of benzene rings is 2. The van der Waals surface area contributed by atoms with E-state index in [1.807, 2.05) is 0 Å². The van der Waals surface area contributed by atoms with Gasteiger partial charge in [-0.25, -0.2) is 4.79 Å². The number of ether oxygens (including phenoxy) is 1. The highest BCUT2D eigenvalue weighted by atomic mass is 32.2. The van der Waals surface area contributed by atoms with Crippen molar-refractivity contribution in [1.29, 1.82) is 0 Å². The van der Waals surface area contributed by atoms with Gasteiger partial charge in [-0.2, -0.15) is 21.6 Å². The Hall–Kier alpha value is -3.01. The molecule has 0 radical (unpaired) electrons. The Bertz CT molecular complexity index is 1150. The first-order valence-electron chi connectivity index (χ1n) is 7.34. The molecule has 0 fully saturated rings. The summed E-state index contributed by atoms with van der Waals surface area (Å²) in [5.41, 5.74) is -2.85. The summed E-state index contributed by atoms with van der Waals surface area (Å²) in [5.74, 6) is 0.127. The molecule has 0 bridgehead atoms. The number of hydrogen-bond donors (Lipinski definition) is 0. The Morgan fingerprint density at radius 3 is 2.19 bits per heavy atom. The maximum Gasteiger partial charge on any atom is 0.417 e. The van der Waals surface area contributed by atoms with Crippen LogP contribution < -0.4 is 14.5 Å². The molecule has 142 valence electrons.